The lowest BCUT2D eigenvalue weighted by atomic mass is 9.48. The Balaban J connectivity index is 1.62. The standard InChI is InChI=1S/C25H38O5/c1-14(29-15(2)26)20-8-9-21-19-7-6-17-12-18(30-16(3)27)10-11-24(17,4)22(19)13-23(28)25(20,21)5/h14,17-18,20,22-23,28H,6-13H2,1-5H3/t14?,17-,18+,20-,22?,23+,24+,25-/m1/s1. The molecule has 5 nitrogen and oxygen atoms in total. The Morgan fingerprint density at radius 1 is 1.07 bits per heavy atom. The van der Waals surface area contributed by atoms with Gasteiger partial charge in [-0.25, -0.2) is 0 Å². The average Bonchev–Trinajstić information content (AvgIpc) is 3.01. The lowest BCUT2D eigenvalue weighted by Crippen LogP contribution is -2.53. The van der Waals surface area contributed by atoms with Gasteiger partial charge in [0, 0.05) is 25.2 Å². The van der Waals surface area contributed by atoms with Gasteiger partial charge < -0.3 is 14.6 Å². The molecule has 0 amide bonds. The number of ether oxygens (including phenoxy) is 2. The van der Waals surface area contributed by atoms with Gasteiger partial charge in [-0.3, -0.25) is 9.59 Å². The fraction of sp³-hybridized carbons (Fsp3) is 0.840. The highest BCUT2D eigenvalue weighted by atomic mass is 16.5. The van der Waals surface area contributed by atoms with Crippen molar-refractivity contribution >= 4 is 11.9 Å². The summed E-state index contributed by atoms with van der Waals surface area (Å²) < 4.78 is 11.1. The van der Waals surface area contributed by atoms with Crippen LogP contribution in [0.1, 0.15) is 86.0 Å². The van der Waals surface area contributed by atoms with Crippen LogP contribution in [-0.2, 0) is 19.1 Å². The van der Waals surface area contributed by atoms with Gasteiger partial charge in [0.25, 0.3) is 0 Å². The molecule has 4 aliphatic carbocycles. The Bertz CT molecular complexity index is 757. The molecule has 168 valence electrons. The molecule has 0 aromatic rings. The van der Waals surface area contributed by atoms with Crippen LogP contribution in [0.3, 0.4) is 0 Å². The Morgan fingerprint density at radius 3 is 2.47 bits per heavy atom. The zero-order valence-corrected chi connectivity index (χ0v) is 19.2. The summed E-state index contributed by atoms with van der Waals surface area (Å²) in [5, 5.41) is 11.5. The summed E-state index contributed by atoms with van der Waals surface area (Å²) in [6, 6.07) is 0. The van der Waals surface area contributed by atoms with Gasteiger partial charge in [-0.2, -0.15) is 0 Å². The summed E-state index contributed by atoms with van der Waals surface area (Å²) in [6.45, 7) is 9.57. The molecule has 3 saturated carbocycles. The summed E-state index contributed by atoms with van der Waals surface area (Å²) in [4.78, 5) is 23.0. The van der Waals surface area contributed by atoms with Gasteiger partial charge in [-0.05, 0) is 75.5 Å². The molecule has 0 aromatic carbocycles. The van der Waals surface area contributed by atoms with Crippen LogP contribution in [0.25, 0.3) is 0 Å². The van der Waals surface area contributed by atoms with E-state index < -0.39 is 6.10 Å². The topological polar surface area (TPSA) is 72.8 Å². The zero-order chi connectivity index (χ0) is 21.8. The van der Waals surface area contributed by atoms with E-state index in [2.05, 4.69) is 13.8 Å². The predicted molar refractivity (Wildman–Crippen MR) is 113 cm³/mol. The van der Waals surface area contributed by atoms with Crippen molar-refractivity contribution in [2.75, 3.05) is 0 Å². The highest BCUT2D eigenvalue weighted by molar-refractivity contribution is 5.66. The molecule has 2 unspecified atom stereocenters. The molecule has 0 spiro atoms. The first-order valence-electron chi connectivity index (χ1n) is 11.8. The molecule has 0 heterocycles. The van der Waals surface area contributed by atoms with Gasteiger partial charge in [0.15, 0.2) is 0 Å². The van der Waals surface area contributed by atoms with Crippen molar-refractivity contribution < 1.29 is 24.2 Å². The van der Waals surface area contributed by atoms with Crippen molar-refractivity contribution in [1.82, 2.24) is 0 Å². The van der Waals surface area contributed by atoms with Crippen molar-refractivity contribution in [2.24, 2.45) is 28.6 Å². The summed E-state index contributed by atoms with van der Waals surface area (Å²) in [5.41, 5.74) is 2.92. The van der Waals surface area contributed by atoms with Gasteiger partial charge in [0.1, 0.15) is 12.2 Å². The van der Waals surface area contributed by atoms with Crippen molar-refractivity contribution in [3.05, 3.63) is 11.1 Å². The van der Waals surface area contributed by atoms with E-state index in [9.17, 15) is 14.7 Å². The maximum absolute atomic E-state index is 11.5. The first-order valence-corrected chi connectivity index (χ1v) is 11.8. The average molecular weight is 419 g/mol. The highest BCUT2D eigenvalue weighted by Gasteiger charge is 2.59. The van der Waals surface area contributed by atoms with Crippen LogP contribution in [0.4, 0.5) is 0 Å². The fourth-order valence-electron chi connectivity index (χ4n) is 7.89. The molecular formula is C25H38O5. The zero-order valence-electron chi connectivity index (χ0n) is 19.2. The van der Waals surface area contributed by atoms with Crippen molar-refractivity contribution in [1.29, 1.82) is 0 Å². The smallest absolute Gasteiger partial charge is 0.302 e. The number of aliphatic hydroxyl groups is 1. The normalized spacial score (nSPS) is 43.9. The van der Waals surface area contributed by atoms with Gasteiger partial charge in [-0.15, -0.1) is 0 Å². The fourth-order valence-corrected chi connectivity index (χ4v) is 7.89. The first kappa shape index (κ1) is 21.9. The van der Waals surface area contributed by atoms with Crippen molar-refractivity contribution in [3.8, 4) is 0 Å². The number of carbonyl (C=O) groups is 2. The number of hydrogen-bond acceptors (Lipinski definition) is 5. The third-order valence-corrected chi connectivity index (χ3v) is 9.38. The van der Waals surface area contributed by atoms with Crippen LogP contribution < -0.4 is 0 Å². The highest BCUT2D eigenvalue weighted by Crippen LogP contribution is 2.65. The maximum atomic E-state index is 11.5. The molecule has 0 saturated heterocycles. The van der Waals surface area contributed by atoms with E-state index in [1.54, 1.807) is 5.57 Å². The van der Waals surface area contributed by atoms with E-state index in [0.29, 0.717) is 11.8 Å². The molecule has 8 atom stereocenters. The lowest BCUT2D eigenvalue weighted by Gasteiger charge is -2.58. The molecule has 1 N–H and O–H groups in total. The molecule has 30 heavy (non-hydrogen) atoms. The number of fused-ring (bicyclic) bond motifs is 4. The maximum Gasteiger partial charge on any atom is 0.302 e. The molecule has 0 aromatic heterocycles. The van der Waals surface area contributed by atoms with E-state index in [4.69, 9.17) is 9.47 Å². The van der Waals surface area contributed by atoms with Crippen LogP contribution in [0.15, 0.2) is 11.1 Å². The number of rotatable bonds is 3. The van der Waals surface area contributed by atoms with E-state index >= 15 is 0 Å². The molecule has 0 radical (unpaired) electrons. The molecule has 5 heteroatoms. The van der Waals surface area contributed by atoms with Crippen molar-refractivity contribution in [2.45, 2.75) is 104 Å². The lowest BCUT2D eigenvalue weighted by molar-refractivity contribution is -0.155. The molecule has 4 rings (SSSR count). The Labute approximate surface area is 180 Å². The number of aliphatic hydroxyl groups excluding tert-OH is 1. The quantitative estimate of drug-likeness (QED) is 0.537. The van der Waals surface area contributed by atoms with Crippen LogP contribution >= 0.6 is 0 Å². The summed E-state index contributed by atoms with van der Waals surface area (Å²) >= 11 is 0. The Hall–Kier alpha value is -1.36. The second kappa shape index (κ2) is 7.65. The minimum atomic E-state index is -0.409. The predicted octanol–water partition coefficient (Wildman–Crippen LogP) is 4.56. The number of allylic oxidation sites excluding steroid dienone is 1. The second-order valence-corrected chi connectivity index (χ2v) is 10.8. The minimum Gasteiger partial charge on any atom is -0.463 e. The Kier molecular flexibility index (Phi) is 5.57. The van der Waals surface area contributed by atoms with Gasteiger partial charge in [0.05, 0.1) is 6.10 Å². The van der Waals surface area contributed by atoms with E-state index in [1.165, 1.54) is 19.4 Å². The second-order valence-electron chi connectivity index (χ2n) is 10.8. The number of carbonyl (C=O) groups excluding carboxylic acids is 2. The van der Waals surface area contributed by atoms with Gasteiger partial charge in [-0.1, -0.05) is 25.0 Å². The monoisotopic (exact) mass is 418 g/mol. The van der Waals surface area contributed by atoms with E-state index in [0.717, 1.165) is 51.4 Å². The van der Waals surface area contributed by atoms with E-state index in [-0.39, 0.29) is 40.9 Å². The van der Waals surface area contributed by atoms with Crippen LogP contribution in [0.5, 0.6) is 0 Å². The Morgan fingerprint density at radius 2 is 1.80 bits per heavy atom. The molecular weight excluding hydrogens is 380 g/mol. The van der Waals surface area contributed by atoms with Crippen molar-refractivity contribution in [3.63, 3.8) is 0 Å². The first-order chi connectivity index (χ1) is 14.1. The number of esters is 2. The van der Waals surface area contributed by atoms with Crippen LogP contribution in [0.2, 0.25) is 0 Å². The summed E-state index contributed by atoms with van der Waals surface area (Å²) in [6.07, 6.45) is 7.39. The molecule has 0 aliphatic heterocycles. The SMILES string of the molecule is CC(=O)OC(C)[C@H]1CCC2=C3CC[C@@H]4C[C@@H](OC(C)=O)CC[C@]4(C)C3C[C@H](O)[C@@]21C. The molecule has 4 aliphatic rings. The van der Waals surface area contributed by atoms with Crippen LogP contribution in [-0.4, -0.2) is 35.4 Å². The summed E-state index contributed by atoms with van der Waals surface area (Å²) in [7, 11) is 0. The van der Waals surface area contributed by atoms with Gasteiger partial charge >= 0.3 is 11.9 Å². The number of hydrogen-bond donors (Lipinski definition) is 1. The van der Waals surface area contributed by atoms with Gasteiger partial charge in [0.2, 0.25) is 0 Å². The molecule has 3 fully saturated rings. The molecule has 0 bridgehead atoms. The summed E-state index contributed by atoms with van der Waals surface area (Å²) in [5.74, 6) is 0.706. The third kappa shape index (κ3) is 3.32. The third-order valence-electron chi connectivity index (χ3n) is 9.38. The van der Waals surface area contributed by atoms with E-state index in [1.807, 2.05) is 6.92 Å². The van der Waals surface area contributed by atoms with Crippen LogP contribution in [0, 0.1) is 28.6 Å². The minimum absolute atomic E-state index is 0.0500. The largest absolute Gasteiger partial charge is 0.463 e.